The maximum absolute atomic E-state index is 2.33. The van der Waals surface area contributed by atoms with E-state index in [1.165, 1.54) is 17.9 Å². The van der Waals surface area contributed by atoms with Gasteiger partial charge in [0.2, 0.25) is 0 Å². The minimum absolute atomic E-state index is 0.910. The fourth-order valence-electron chi connectivity index (χ4n) is 0.687. The van der Waals surface area contributed by atoms with Gasteiger partial charge in [0.15, 0.2) is 0 Å². The van der Waals surface area contributed by atoms with Crippen LogP contribution >= 0.6 is 23.5 Å². The number of thioether (sulfide) groups is 2. The third-order valence-electron chi connectivity index (χ3n) is 1.27. The first kappa shape index (κ1) is 9.70. The highest BCUT2D eigenvalue weighted by atomic mass is 32.2. The molecule has 0 aromatic carbocycles. The Balaban J connectivity index is 2.95. The third kappa shape index (κ3) is 6.59. The summed E-state index contributed by atoms with van der Waals surface area (Å²) in [6, 6.07) is 0. The molecule has 2 heteroatoms. The van der Waals surface area contributed by atoms with Crippen molar-refractivity contribution >= 4 is 23.5 Å². The van der Waals surface area contributed by atoms with Crippen LogP contribution < -0.4 is 0 Å². The molecule has 0 nitrogen and oxygen atoms in total. The van der Waals surface area contributed by atoms with Gasteiger partial charge in [-0.15, -0.1) is 0 Å². The quantitative estimate of drug-likeness (QED) is 0.613. The van der Waals surface area contributed by atoms with E-state index in [2.05, 4.69) is 19.4 Å². The minimum atomic E-state index is 0.910. The van der Waals surface area contributed by atoms with Crippen LogP contribution in [0.15, 0.2) is 0 Å². The Labute approximate surface area is 67.2 Å². The second kappa shape index (κ2) is 6.81. The molecular formula is C7H16S2. The van der Waals surface area contributed by atoms with Crippen LogP contribution in [0.1, 0.15) is 13.3 Å². The molecule has 0 rings (SSSR count). The molecule has 0 aliphatic heterocycles. The van der Waals surface area contributed by atoms with E-state index in [1.54, 1.807) is 0 Å². The van der Waals surface area contributed by atoms with Gasteiger partial charge in [-0.1, -0.05) is 6.92 Å². The van der Waals surface area contributed by atoms with E-state index in [0.717, 1.165) is 5.92 Å². The molecule has 0 radical (unpaired) electrons. The summed E-state index contributed by atoms with van der Waals surface area (Å²) in [5.74, 6) is 3.55. The van der Waals surface area contributed by atoms with Gasteiger partial charge in [0.25, 0.3) is 0 Å². The second-order valence-corrected chi connectivity index (χ2v) is 4.24. The Bertz CT molecular complexity index is 54.9. The summed E-state index contributed by atoms with van der Waals surface area (Å²) < 4.78 is 0. The van der Waals surface area contributed by atoms with Gasteiger partial charge < -0.3 is 0 Å². The van der Waals surface area contributed by atoms with Gasteiger partial charge in [0.1, 0.15) is 0 Å². The number of hydrogen-bond donors (Lipinski definition) is 0. The van der Waals surface area contributed by atoms with E-state index >= 15 is 0 Å². The molecule has 0 saturated heterocycles. The van der Waals surface area contributed by atoms with E-state index in [-0.39, 0.29) is 0 Å². The van der Waals surface area contributed by atoms with Crippen LogP contribution in [0.5, 0.6) is 0 Å². The summed E-state index contributed by atoms with van der Waals surface area (Å²) in [7, 11) is 0. The fraction of sp³-hybridized carbons (Fsp3) is 1.00. The first-order valence-corrected chi connectivity index (χ1v) is 6.08. The highest BCUT2D eigenvalue weighted by Crippen LogP contribution is 2.11. The zero-order valence-corrected chi connectivity index (χ0v) is 8.15. The molecule has 9 heavy (non-hydrogen) atoms. The van der Waals surface area contributed by atoms with Crippen molar-refractivity contribution in [3.8, 4) is 0 Å². The van der Waals surface area contributed by atoms with Crippen molar-refractivity contribution < 1.29 is 0 Å². The smallest absolute Gasteiger partial charge is 0.00442 e. The molecule has 0 bridgehead atoms. The van der Waals surface area contributed by atoms with Crippen LogP contribution in [0.4, 0.5) is 0 Å². The molecular weight excluding hydrogens is 148 g/mol. The molecule has 0 N–H and O–H groups in total. The Hall–Kier alpha value is 0.700. The Morgan fingerprint density at radius 3 is 2.33 bits per heavy atom. The molecule has 0 aromatic rings. The van der Waals surface area contributed by atoms with Crippen molar-refractivity contribution in [1.82, 2.24) is 0 Å². The number of hydrogen-bond acceptors (Lipinski definition) is 2. The van der Waals surface area contributed by atoms with E-state index in [1.807, 2.05) is 23.5 Å². The molecule has 0 fully saturated rings. The van der Waals surface area contributed by atoms with Gasteiger partial charge >= 0.3 is 0 Å². The first-order valence-electron chi connectivity index (χ1n) is 3.29. The van der Waals surface area contributed by atoms with E-state index in [9.17, 15) is 0 Å². The Kier molecular flexibility index (Phi) is 7.34. The normalized spacial score (nSPS) is 13.7. The van der Waals surface area contributed by atoms with Crippen molar-refractivity contribution in [2.75, 3.05) is 24.0 Å². The van der Waals surface area contributed by atoms with Crippen LogP contribution in [0.3, 0.4) is 0 Å². The topological polar surface area (TPSA) is 0 Å². The standard InChI is InChI=1S/C7H16S2/c1-7(6-9-3)4-5-8-2/h7H,4-6H2,1-3H3. The summed E-state index contributed by atoms with van der Waals surface area (Å²) in [6.45, 7) is 2.33. The average molecular weight is 164 g/mol. The zero-order chi connectivity index (χ0) is 7.11. The van der Waals surface area contributed by atoms with Gasteiger partial charge in [-0.05, 0) is 36.4 Å². The summed E-state index contributed by atoms with van der Waals surface area (Å²) in [6.07, 6.45) is 5.73. The van der Waals surface area contributed by atoms with Gasteiger partial charge in [0, 0.05) is 0 Å². The summed E-state index contributed by atoms with van der Waals surface area (Å²) >= 11 is 3.90. The summed E-state index contributed by atoms with van der Waals surface area (Å²) in [4.78, 5) is 0. The highest BCUT2D eigenvalue weighted by Gasteiger charge is 1.98. The largest absolute Gasteiger partial charge is 0.165 e. The predicted molar refractivity (Wildman–Crippen MR) is 50.5 cm³/mol. The van der Waals surface area contributed by atoms with Gasteiger partial charge in [0.05, 0.1) is 0 Å². The van der Waals surface area contributed by atoms with Crippen LogP contribution in [0.25, 0.3) is 0 Å². The minimum Gasteiger partial charge on any atom is -0.165 e. The van der Waals surface area contributed by atoms with Gasteiger partial charge in [-0.25, -0.2) is 0 Å². The Morgan fingerprint density at radius 2 is 1.89 bits per heavy atom. The lowest BCUT2D eigenvalue weighted by molar-refractivity contribution is 0.644. The monoisotopic (exact) mass is 164 g/mol. The van der Waals surface area contributed by atoms with Gasteiger partial charge in [-0.3, -0.25) is 0 Å². The van der Waals surface area contributed by atoms with Crippen molar-refractivity contribution in [2.24, 2.45) is 5.92 Å². The average Bonchev–Trinajstić information content (AvgIpc) is 1.85. The van der Waals surface area contributed by atoms with E-state index in [4.69, 9.17) is 0 Å². The van der Waals surface area contributed by atoms with Crippen LogP contribution in [-0.2, 0) is 0 Å². The van der Waals surface area contributed by atoms with Crippen molar-refractivity contribution in [3.05, 3.63) is 0 Å². The van der Waals surface area contributed by atoms with E-state index < -0.39 is 0 Å². The van der Waals surface area contributed by atoms with Crippen molar-refractivity contribution in [1.29, 1.82) is 0 Å². The molecule has 0 saturated carbocycles. The third-order valence-corrected chi connectivity index (χ3v) is 2.81. The first-order chi connectivity index (χ1) is 4.31. The lowest BCUT2D eigenvalue weighted by Crippen LogP contribution is -1.98. The lowest BCUT2D eigenvalue weighted by atomic mass is 10.2. The maximum atomic E-state index is 2.33. The van der Waals surface area contributed by atoms with Crippen LogP contribution in [-0.4, -0.2) is 24.0 Å². The van der Waals surface area contributed by atoms with Gasteiger partial charge in [-0.2, -0.15) is 23.5 Å². The molecule has 56 valence electrons. The molecule has 1 unspecified atom stereocenters. The Morgan fingerprint density at radius 1 is 1.22 bits per heavy atom. The molecule has 0 spiro atoms. The molecule has 0 aliphatic carbocycles. The molecule has 0 amide bonds. The van der Waals surface area contributed by atoms with Crippen molar-refractivity contribution in [3.63, 3.8) is 0 Å². The predicted octanol–water partition coefficient (Wildman–Crippen LogP) is 2.74. The molecule has 0 aromatic heterocycles. The molecule has 1 atom stereocenters. The molecule has 0 heterocycles. The lowest BCUT2D eigenvalue weighted by Gasteiger charge is -2.06. The molecule has 0 aliphatic rings. The number of rotatable bonds is 5. The van der Waals surface area contributed by atoms with Crippen LogP contribution in [0.2, 0.25) is 0 Å². The van der Waals surface area contributed by atoms with Crippen LogP contribution in [0, 0.1) is 5.92 Å². The SMILES string of the molecule is CSCCC(C)CSC. The zero-order valence-electron chi connectivity index (χ0n) is 6.52. The summed E-state index contributed by atoms with van der Waals surface area (Å²) in [5.41, 5.74) is 0. The second-order valence-electron chi connectivity index (χ2n) is 2.34. The highest BCUT2D eigenvalue weighted by molar-refractivity contribution is 7.98. The van der Waals surface area contributed by atoms with E-state index in [0.29, 0.717) is 0 Å². The maximum Gasteiger partial charge on any atom is -0.00442 e. The fourth-order valence-corrected chi connectivity index (χ4v) is 2.06. The summed E-state index contributed by atoms with van der Waals surface area (Å²) in [5, 5.41) is 0. The van der Waals surface area contributed by atoms with Crippen molar-refractivity contribution in [2.45, 2.75) is 13.3 Å².